The molecule has 0 aliphatic heterocycles. The molecule has 31 saturated carbocycles. The summed E-state index contributed by atoms with van der Waals surface area (Å²) in [5.74, 6) is 74.1. The average molecular weight is 1680 g/mol. The Morgan fingerprint density at radius 2 is 0.469 bits per heavy atom. The van der Waals surface area contributed by atoms with Crippen LogP contribution in [0.3, 0.4) is 0 Å². The van der Waals surface area contributed by atoms with E-state index < -0.39 is 0 Å². The molecule has 52 atom stereocenters. The number of hydrogen-bond acceptors (Lipinski definition) is 2. The van der Waals surface area contributed by atoms with Gasteiger partial charge in [0.15, 0.2) is 11.6 Å². The van der Waals surface area contributed by atoms with Gasteiger partial charge in [-0.2, -0.15) is 0 Å². The molecule has 31 fully saturated rings. The van der Waals surface area contributed by atoms with Gasteiger partial charge in [-0.25, -0.2) is 0 Å². The van der Waals surface area contributed by atoms with Crippen LogP contribution in [-0.2, 0) is 10.8 Å². The number of rotatable bonds is 2. The molecular formula is C126H132O2. The van der Waals surface area contributed by atoms with Crippen LogP contribution >= 0.6 is 0 Å². The quantitative estimate of drug-likeness (QED) is 0.162. The van der Waals surface area contributed by atoms with Crippen LogP contribution in [0, 0.1) is 355 Å². The Balaban J connectivity index is 0.0000000798. The molecule has 52 unspecified atom stereocenters. The fraction of sp³-hybridized carbons (Fsp3) is 0.683. The molecule has 0 amide bonds. The van der Waals surface area contributed by atoms with Gasteiger partial charge in [-0.05, 0) is 587 Å². The lowest BCUT2D eigenvalue weighted by atomic mass is 9.33. The van der Waals surface area contributed by atoms with Crippen molar-refractivity contribution in [3.63, 3.8) is 0 Å². The number of carbonyl (C=O) groups is 2. The van der Waals surface area contributed by atoms with Crippen LogP contribution < -0.4 is 0 Å². The van der Waals surface area contributed by atoms with Crippen molar-refractivity contribution in [1.29, 1.82) is 0 Å². The highest BCUT2D eigenvalue weighted by atomic mass is 16.1. The van der Waals surface area contributed by atoms with Gasteiger partial charge in [-0.3, -0.25) is 9.59 Å². The maximum Gasteiger partial charge on any atom is 0.194 e. The second kappa shape index (κ2) is 21.5. The molecule has 0 spiro atoms. The number of allylic oxidation sites excluding steroid dienone is 2. The molecule has 0 heterocycles. The number of ketones is 2. The topological polar surface area (TPSA) is 34.1 Å². The number of fused-ring (bicyclic) bond motifs is 13. The normalized spacial score (nSPS) is 60.6. The standard InChI is InChI=1S/C44H32O2.C42H52.C40H48/c1-43(2)37-11-7-5-9-29(37)31-17-13-27(23-39(31)43)25-15-19-33-35(21-25)41(45)34-20-16-26(22-36(34)42(33)46)28-14-18-32-30-10-6-8-12-38(30)44(3,4)40(32)24-28;1-11-3-15-7-19-9-17-5-13-2-14-6-18-10-20-8-16-4-12(1)22-26(16)34-30(20)36-28(18)24(14)32-23(13)27(17)35-29(19)33-25(15)21(11)31(22)37-39(33)41(35)38(32)42(36)40(34)37;1-2-12-14-5-6-16-18-9-10-20-19-8-7-17-15-4-3-13-11(1)21-22(12)32-24(14)26(16)34-29(18)30(20)35-28(19)27(17)33-25(15)23(13)31(21)36-37(32)39(34)40(35)38(33)36/h5-24H,1-4H3;11-42H,1-10H2;11-19,21-29,31-40H,1-10H2. The highest BCUT2D eigenvalue weighted by Gasteiger charge is 2.91. The lowest BCUT2D eigenvalue weighted by molar-refractivity contribution is -0.244. The van der Waals surface area contributed by atoms with Gasteiger partial charge in [0.2, 0.25) is 0 Å². The van der Waals surface area contributed by atoms with Crippen LogP contribution in [-0.4, -0.2) is 11.6 Å². The summed E-state index contributed by atoms with van der Waals surface area (Å²) in [6.45, 7) is 9.07. The highest BCUT2D eigenvalue weighted by molar-refractivity contribution is 6.29. The Morgan fingerprint density at radius 1 is 0.211 bits per heavy atom. The molecular weight excluding hydrogens is 1550 g/mol. The minimum Gasteiger partial charge on any atom is -0.289 e. The van der Waals surface area contributed by atoms with E-state index >= 15 is 0 Å². The van der Waals surface area contributed by atoms with E-state index in [0.717, 1.165) is 40.0 Å². The van der Waals surface area contributed by atoms with Gasteiger partial charge in [-0.1, -0.05) is 124 Å². The van der Waals surface area contributed by atoms with Gasteiger partial charge in [0.05, 0.1) is 0 Å². The molecule has 2 nitrogen and oxygen atoms in total. The van der Waals surface area contributed by atoms with Crippen molar-refractivity contribution in [2.45, 2.75) is 167 Å². The van der Waals surface area contributed by atoms with E-state index in [9.17, 15) is 9.59 Å². The molecule has 36 aliphatic carbocycles. The molecule has 0 aromatic heterocycles. The molecule has 0 radical (unpaired) electrons. The van der Waals surface area contributed by atoms with Crippen molar-refractivity contribution in [1.82, 2.24) is 0 Å². The van der Waals surface area contributed by atoms with Crippen molar-refractivity contribution in [2.75, 3.05) is 0 Å². The summed E-state index contributed by atoms with van der Waals surface area (Å²) in [5, 5.41) is 0. The Morgan fingerprint density at radius 3 is 0.836 bits per heavy atom. The molecule has 6 aromatic rings. The van der Waals surface area contributed by atoms with Crippen LogP contribution in [0.4, 0.5) is 0 Å². The van der Waals surface area contributed by atoms with E-state index in [1.165, 1.54) is 382 Å². The predicted molar refractivity (Wildman–Crippen MR) is 495 cm³/mol. The van der Waals surface area contributed by atoms with E-state index in [2.05, 4.69) is 124 Å². The third-order valence-electron chi connectivity index (χ3n) is 57.1. The minimum atomic E-state index is -0.114. The molecule has 36 aliphatic rings. The van der Waals surface area contributed by atoms with Crippen LogP contribution in [0.2, 0.25) is 0 Å². The van der Waals surface area contributed by atoms with Crippen molar-refractivity contribution >= 4 is 11.6 Å². The number of hydrogen-bond donors (Lipinski definition) is 0. The molecule has 648 valence electrons. The maximum absolute atomic E-state index is 13.9. The van der Waals surface area contributed by atoms with Gasteiger partial charge >= 0.3 is 0 Å². The van der Waals surface area contributed by atoms with E-state index in [-0.39, 0.29) is 22.4 Å². The van der Waals surface area contributed by atoms with Crippen molar-refractivity contribution in [2.24, 2.45) is 355 Å². The Kier molecular flexibility index (Phi) is 11.6. The zero-order chi connectivity index (χ0) is 81.5. The Bertz CT molecular complexity index is 5960. The summed E-state index contributed by atoms with van der Waals surface area (Å²) < 4.78 is 0. The first-order valence-corrected chi connectivity index (χ1v) is 56.5. The van der Waals surface area contributed by atoms with E-state index in [0.29, 0.717) is 22.3 Å². The van der Waals surface area contributed by atoms with Gasteiger partial charge in [-0.15, -0.1) is 0 Å². The van der Waals surface area contributed by atoms with Gasteiger partial charge < -0.3 is 0 Å². The van der Waals surface area contributed by atoms with E-state index in [1.54, 1.807) is 128 Å². The maximum atomic E-state index is 13.9. The molecule has 42 rings (SSSR count). The summed E-state index contributed by atoms with van der Waals surface area (Å²) in [6, 6.07) is 41.8. The van der Waals surface area contributed by atoms with Gasteiger partial charge in [0.1, 0.15) is 0 Å². The summed E-state index contributed by atoms with van der Waals surface area (Å²) in [4.78, 5) is 27.9. The molecule has 0 N–H and O–H groups in total. The van der Waals surface area contributed by atoms with Crippen molar-refractivity contribution < 1.29 is 9.59 Å². The Labute approximate surface area is 759 Å². The SMILES string of the molecule is C1C2CC3CC4CC5CC6CC7CC8CC9CC%10CC1C1C%10C%10C9C9C8C7C7C6C5C5C4C4C3C2C1C1C4C5C7C9C%101.C1CC2C3CCC4C5CCC6C7CCC8C9CCC%10C1=C1C2C2C3C4C3C5C6C4C7C8C5C9C%10C1C1C2C3C4C15.CC1(C)c2ccccc2-c2ccc(-c3ccc4c(c3)C(=O)c3ccc(-c5ccc6c(c5)C(C)(C)c5ccccc5-6)cc3C4=O)cc21. The number of benzene rings is 6. The molecule has 2 heteroatoms. The van der Waals surface area contributed by atoms with E-state index in [4.69, 9.17) is 0 Å². The number of carbonyl (C=O) groups excluding carboxylic acids is 2. The van der Waals surface area contributed by atoms with Crippen molar-refractivity contribution in [3.8, 4) is 44.5 Å². The summed E-state index contributed by atoms with van der Waals surface area (Å²) in [7, 11) is 0. The first kappa shape index (κ1) is 69.2. The predicted octanol–water partition coefficient (Wildman–Crippen LogP) is 25.9. The summed E-state index contributed by atoms with van der Waals surface area (Å²) in [5.41, 5.74) is 20.5. The van der Waals surface area contributed by atoms with Crippen LogP contribution in [0.1, 0.15) is 210 Å². The van der Waals surface area contributed by atoms with Crippen LogP contribution in [0.15, 0.2) is 132 Å². The third kappa shape index (κ3) is 6.83. The minimum absolute atomic E-state index is 0.0996. The monoisotopic (exact) mass is 1680 g/mol. The van der Waals surface area contributed by atoms with Crippen molar-refractivity contribution in [3.05, 3.63) is 177 Å². The second-order valence-electron chi connectivity index (χ2n) is 57.3. The first-order chi connectivity index (χ1) is 62.9. The smallest absolute Gasteiger partial charge is 0.194 e. The fourth-order valence-electron chi connectivity index (χ4n) is 58.3. The van der Waals surface area contributed by atoms with Crippen LogP contribution in [0.25, 0.3) is 44.5 Å². The summed E-state index contributed by atoms with van der Waals surface area (Å²) >= 11 is 0. The molecule has 6 aromatic carbocycles. The second-order valence-corrected chi connectivity index (χ2v) is 57.3. The average Bonchev–Trinajstić information content (AvgIpc) is 1.39. The highest BCUT2D eigenvalue weighted by Crippen LogP contribution is 2.96. The van der Waals surface area contributed by atoms with Gasteiger partial charge in [0.25, 0.3) is 0 Å². The van der Waals surface area contributed by atoms with Crippen LogP contribution in [0.5, 0.6) is 0 Å². The largest absolute Gasteiger partial charge is 0.289 e. The molecule has 0 saturated heterocycles. The lowest BCUT2D eigenvalue weighted by Gasteiger charge is -2.71. The lowest BCUT2D eigenvalue weighted by Crippen LogP contribution is -2.68. The zero-order valence-electron chi connectivity index (χ0n) is 76.1. The molecule has 128 heavy (non-hydrogen) atoms. The van der Waals surface area contributed by atoms with E-state index in [1.807, 2.05) is 36.4 Å². The zero-order valence-corrected chi connectivity index (χ0v) is 76.1. The summed E-state index contributed by atoms with van der Waals surface area (Å²) in [6.07, 6.45) is 34.5. The fourth-order valence-corrected chi connectivity index (χ4v) is 58.3. The Hall–Kier alpha value is -5.60. The van der Waals surface area contributed by atoms with Gasteiger partial charge in [0, 0.05) is 33.1 Å². The first-order valence-electron chi connectivity index (χ1n) is 56.5. The molecule has 0 bridgehead atoms. The third-order valence-corrected chi connectivity index (χ3v) is 57.1.